The number of benzene rings is 2. The third-order valence-electron chi connectivity index (χ3n) is 4.54. The van der Waals surface area contributed by atoms with Crippen molar-refractivity contribution in [1.29, 1.82) is 5.26 Å². The molecular formula is C23H15ClN4O2S. The molecule has 0 aliphatic rings. The minimum atomic E-state index is -0.436. The number of rotatable bonds is 4. The summed E-state index contributed by atoms with van der Waals surface area (Å²) in [6.07, 6.45) is 0. The molecule has 4 rings (SSSR count). The maximum Gasteiger partial charge on any atom is 0.266 e. The van der Waals surface area contributed by atoms with E-state index in [0.717, 1.165) is 11.3 Å². The summed E-state index contributed by atoms with van der Waals surface area (Å²) in [6, 6.07) is 20.8. The third-order valence-corrected chi connectivity index (χ3v) is 5.77. The number of nitrogens with two attached hydrogens (primary N) is 1. The molecule has 0 spiro atoms. The van der Waals surface area contributed by atoms with Crippen molar-refractivity contribution in [2.75, 3.05) is 11.1 Å². The minimum Gasteiger partial charge on any atom is -0.507 e. The van der Waals surface area contributed by atoms with Gasteiger partial charge in [0.05, 0.1) is 14.9 Å². The monoisotopic (exact) mass is 446 g/mol. The van der Waals surface area contributed by atoms with Gasteiger partial charge in [-0.2, -0.15) is 5.26 Å². The molecule has 31 heavy (non-hydrogen) atoms. The lowest BCUT2D eigenvalue weighted by Gasteiger charge is -2.14. The number of thiophene rings is 1. The number of aromatic nitrogens is 1. The molecule has 0 saturated carbocycles. The fourth-order valence-corrected chi connectivity index (χ4v) is 4.05. The molecule has 152 valence electrons. The lowest BCUT2D eigenvalue weighted by atomic mass is 9.97. The highest BCUT2D eigenvalue weighted by Crippen LogP contribution is 2.36. The Bertz CT molecular complexity index is 1340. The smallest absolute Gasteiger partial charge is 0.266 e. The lowest BCUT2D eigenvalue weighted by molar-refractivity contribution is 0.103. The van der Waals surface area contributed by atoms with Gasteiger partial charge in [0.2, 0.25) is 0 Å². The van der Waals surface area contributed by atoms with Crippen LogP contribution in [0.15, 0.2) is 66.7 Å². The Kier molecular flexibility index (Phi) is 5.58. The molecule has 0 bridgehead atoms. The van der Waals surface area contributed by atoms with Crippen molar-refractivity contribution in [3.8, 4) is 34.2 Å². The summed E-state index contributed by atoms with van der Waals surface area (Å²) in [5, 5.41) is 22.9. The van der Waals surface area contributed by atoms with Gasteiger partial charge in [-0.1, -0.05) is 35.9 Å². The van der Waals surface area contributed by atoms with E-state index < -0.39 is 5.91 Å². The highest BCUT2D eigenvalue weighted by atomic mass is 35.5. The normalized spacial score (nSPS) is 10.5. The van der Waals surface area contributed by atoms with E-state index in [2.05, 4.69) is 16.4 Å². The Morgan fingerprint density at radius 1 is 1.10 bits per heavy atom. The Balaban J connectivity index is 1.91. The number of nitrogens with one attached hydrogen (secondary N) is 1. The summed E-state index contributed by atoms with van der Waals surface area (Å²) in [7, 11) is 0. The number of hydrogen-bond donors (Lipinski definition) is 3. The van der Waals surface area contributed by atoms with Crippen LogP contribution < -0.4 is 11.1 Å². The van der Waals surface area contributed by atoms with Gasteiger partial charge in [-0.15, -0.1) is 11.3 Å². The zero-order valence-corrected chi connectivity index (χ0v) is 17.5. The molecule has 2 aromatic carbocycles. The Labute approximate surface area is 187 Å². The molecule has 4 N–H and O–H groups in total. The first-order chi connectivity index (χ1) is 15.0. The number of amides is 1. The summed E-state index contributed by atoms with van der Waals surface area (Å²) in [5.41, 5.74) is 8.73. The van der Waals surface area contributed by atoms with Crippen LogP contribution in [0.5, 0.6) is 5.75 Å². The van der Waals surface area contributed by atoms with E-state index in [-0.39, 0.29) is 17.1 Å². The summed E-state index contributed by atoms with van der Waals surface area (Å²) < 4.78 is 0.474. The molecule has 2 aromatic heterocycles. The Morgan fingerprint density at radius 2 is 1.90 bits per heavy atom. The van der Waals surface area contributed by atoms with Crippen molar-refractivity contribution < 1.29 is 9.90 Å². The first kappa shape index (κ1) is 20.4. The largest absolute Gasteiger partial charge is 0.507 e. The van der Waals surface area contributed by atoms with Crippen LogP contribution in [0.25, 0.3) is 22.4 Å². The quantitative estimate of drug-likeness (QED) is 0.356. The molecule has 4 aromatic rings. The number of aromatic hydroxyl groups is 1. The zero-order chi connectivity index (χ0) is 22.0. The second-order valence-electron chi connectivity index (χ2n) is 6.59. The highest BCUT2D eigenvalue weighted by Gasteiger charge is 2.19. The number of nitrogen functional groups attached to an aromatic ring is 1. The molecule has 6 nitrogen and oxygen atoms in total. The predicted molar refractivity (Wildman–Crippen MR) is 123 cm³/mol. The van der Waals surface area contributed by atoms with Gasteiger partial charge in [0.25, 0.3) is 5.91 Å². The Hall–Kier alpha value is -3.86. The van der Waals surface area contributed by atoms with Crippen molar-refractivity contribution in [2.24, 2.45) is 0 Å². The van der Waals surface area contributed by atoms with Gasteiger partial charge in [-0.3, -0.25) is 4.79 Å². The van der Waals surface area contributed by atoms with Crippen LogP contribution in [0.4, 0.5) is 11.5 Å². The molecule has 1 amide bonds. The van der Waals surface area contributed by atoms with Gasteiger partial charge in [0.15, 0.2) is 5.82 Å². The molecular weight excluding hydrogens is 432 g/mol. The molecule has 0 saturated heterocycles. The number of halogens is 1. The number of hydrogen-bond acceptors (Lipinski definition) is 6. The van der Waals surface area contributed by atoms with E-state index in [9.17, 15) is 15.2 Å². The maximum atomic E-state index is 12.7. The maximum absolute atomic E-state index is 12.7. The fraction of sp³-hybridized carbons (Fsp3) is 0. The first-order valence-corrected chi connectivity index (χ1v) is 10.3. The summed E-state index contributed by atoms with van der Waals surface area (Å²) in [4.78, 5) is 17.6. The van der Waals surface area contributed by atoms with Gasteiger partial charge in [-0.25, -0.2) is 4.98 Å². The zero-order valence-electron chi connectivity index (χ0n) is 16.0. The van der Waals surface area contributed by atoms with Crippen LogP contribution in [-0.2, 0) is 0 Å². The first-order valence-electron chi connectivity index (χ1n) is 9.12. The van der Waals surface area contributed by atoms with E-state index in [1.54, 1.807) is 60.7 Å². The van der Waals surface area contributed by atoms with Crippen LogP contribution in [0.3, 0.4) is 0 Å². The van der Waals surface area contributed by atoms with Crippen molar-refractivity contribution in [1.82, 2.24) is 4.98 Å². The summed E-state index contributed by atoms with van der Waals surface area (Å²) in [5.74, 6) is -0.329. The van der Waals surface area contributed by atoms with E-state index in [1.165, 1.54) is 0 Å². The topological polar surface area (TPSA) is 112 Å². The molecule has 0 aliphatic carbocycles. The minimum absolute atomic E-state index is 0.0283. The van der Waals surface area contributed by atoms with Gasteiger partial charge in [0, 0.05) is 16.8 Å². The Morgan fingerprint density at radius 3 is 2.58 bits per heavy atom. The van der Waals surface area contributed by atoms with Crippen LogP contribution in [-0.4, -0.2) is 16.0 Å². The van der Waals surface area contributed by atoms with Crippen molar-refractivity contribution in [3.05, 3.63) is 81.5 Å². The highest BCUT2D eigenvalue weighted by molar-refractivity contribution is 7.18. The van der Waals surface area contributed by atoms with Crippen LogP contribution in [0.2, 0.25) is 4.34 Å². The van der Waals surface area contributed by atoms with Crippen LogP contribution in [0, 0.1) is 11.3 Å². The van der Waals surface area contributed by atoms with Crippen LogP contribution >= 0.6 is 22.9 Å². The average molecular weight is 447 g/mol. The number of carbonyl (C=O) groups excluding carboxylic acids is 1. The number of phenols is 1. The number of para-hydroxylation sites is 1. The number of phenolic OH excluding ortho intramolecular Hbond substituents is 1. The molecule has 0 atom stereocenters. The standard InChI is InChI=1S/C23H15ClN4O2S/c24-21-9-8-20(31-21)23(30)28-22-17(12-25)16(13-4-3-5-14(26)10-13)11-18(27-22)15-6-1-2-7-19(15)29/h1-11,29H,26H2,(H,27,28,30). The van der Waals surface area contributed by atoms with Gasteiger partial charge < -0.3 is 16.2 Å². The van der Waals surface area contributed by atoms with Crippen LogP contribution in [0.1, 0.15) is 15.2 Å². The fourth-order valence-electron chi connectivity index (χ4n) is 3.12. The van der Waals surface area contributed by atoms with Crippen molar-refractivity contribution >= 4 is 40.4 Å². The molecule has 0 radical (unpaired) electrons. The summed E-state index contributed by atoms with van der Waals surface area (Å²) >= 11 is 7.06. The number of nitrogens with zero attached hydrogens (tertiary/aromatic N) is 2. The van der Waals surface area contributed by atoms with Gasteiger partial charge in [0.1, 0.15) is 17.4 Å². The van der Waals surface area contributed by atoms with Gasteiger partial charge in [-0.05, 0) is 48.0 Å². The third kappa shape index (κ3) is 4.21. The van der Waals surface area contributed by atoms with Gasteiger partial charge >= 0.3 is 0 Å². The summed E-state index contributed by atoms with van der Waals surface area (Å²) in [6.45, 7) is 0. The van der Waals surface area contributed by atoms with E-state index in [1.807, 2.05) is 6.07 Å². The molecule has 0 unspecified atom stereocenters. The lowest BCUT2D eigenvalue weighted by Crippen LogP contribution is -2.13. The number of anilines is 2. The number of nitriles is 1. The molecule has 2 heterocycles. The van der Waals surface area contributed by atoms with Crippen molar-refractivity contribution in [3.63, 3.8) is 0 Å². The van der Waals surface area contributed by atoms with E-state index in [4.69, 9.17) is 17.3 Å². The second-order valence-corrected chi connectivity index (χ2v) is 8.31. The predicted octanol–water partition coefficient (Wildman–Crippen LogP) is 5.54. The number of pyridine rings is 1. The van der Waals surface area contributed by atoms with Crippen molar-refractivity contribution in [2.45, 2.75) is 0 Å². The van der Waals surface area contributed by atoms with E-state index >= 15 is 0 Å². The molecule has 8 heteroatoms. The number of carbonyl (C=O) groups is 1. The average Bonchev–Trinajstić information content (AvgIpc) is 3.20. The molecule has 0 fully saturated rings. The SMILES string of the molecule is N#Cc1c(-c2cccc(N)c2)cc(-c2ccccc2O)nc1NC(=O)c1ccc(Cl)s1. The second kappa shape index (κ2) is 8.48. The van der Waals surface area contributed by atoms with E-state index in [0.29, 0.717) is 37.3 Å². The molecule has 0 aliphatic heterocycles.